The molecule has 8 atom stereocenters. The van der Waals surface area contributed by atoms with E-state index in [-0.39, 0.29) is 13.2 Å². The standard InChI is InChI=1S/C26H47NO2.2C3H9NO/c1-25-14-12-24-22(23(25)10-8-19(25)6-3-4-16-28)9-7-20-18-21(29-17-5-15-27)11-13-26(20,24)2;2*4-2-1-3-5/h19-24,28H,3-18,27H2,1-2H3;2*5H,1-4H2/t19-,20?,21+,22?,23?,24?,25+,26-;;/m0../s1. The van der Waals surface area contributed by atoms with Gasteiger partial charge in [-0.2, -0.15) is 0 Å². The van der Waals surface area contributed by atoms with Crippen LogP contribution in [-0.2, 0) is 4.74 Å². The van der Waals surface area contributed by atoms with Gasteiger partial charge < -0.3 is 37.3 Å². The average molecular weight is 556 g/mol. The van der Waals surface area contributed by atoms with Crippen LogP contribution in [0.3, 0.4) is 0 Å². The number of ether oxygens (including phenoxy) is 1. The van der Waals surface area contributed by atoms with Gasteiger partial charge in [-0.15, -0.1) is 0 Å². The van der Waals surface area contributed by atoms with Crippen LogP contribution in [0.15, 0.2) is 0 Å². The number of fused-ring (bicyclic) bond motifs is 5. The Kier molecular flexibility index (Phi) is 16.4. The molecule has 4 fully saturated rings. The van der Waals surface area contributed by atoms with Crippen molar-refractivity contribution >= 4 is 0 Å². The van der Waals surface area contributed by atoms with Gasteiger partial charge >= 0.3 is 0 Å². The Labute approximate surface area is 240 Å². The minimum atomic E-state index is 0.219. The van der Waals surface area contributed by atoms with Crippen LogP contribution >= 0.6 is 0 Å². The van der Waals surface area contributed by atoms with E-state index in [4.69, 9.17) is 32.2 Å². The van der Waals surface area contributed by atoms with Crippen molar-refractivity contribution < 1.29 is 20.1 Å². The lowest BCUT2D eigenvalue weighted by atomic mass is 9.44. The number of hydrogen-bond acceptors (Lipinski definition) is 7. The number of unbranched alkanes of at least 4 members (excludes halogenated alkanes) is 1. The van der Waals surface area contributed by atoms with Crippen LogP contribution in [0.4, 0.5) is 0 Å². The van der Waals surface area contributed by atoms with Crippen molar-refractivity contribution in [2.45, 2.75) is 116 Å². The van der Waals surface area contributed by atoms with Gasteiger partial charge in [0.25, 0.3) is 0 Å². The molecule has 0 aromatic carbocycles. The monoisotopic (exact) mass is 555 g/mol. The second kappa shape index (κ2) is 18.3. The molecule has 0 bridgehead atoms. The van der Waals surface area contributed by atoms with E-state index in [0.29, 0.717) is 36.6 Å². The van der Waals surface area contributed by atoms with Crippen molar-refractivity contribution in [3.05, 3.63) is 0 Å². The van der Waals surface area contributed by atoms with Gasteiger partial charge in [0.1, 0.15) is 0 Å². The quantitative estimate of drug-likeness (QED) is 0.198. The molecule has 7 heteroatoms. The summed E-state index contributed by atoms with van der Waals surface area (Å²) in [6, 6.07) is 0. The molecule has 4 aliphatic rings. The zero-order valence-electron chi connectivity index (χ0n) is 25.5. The number of rotatable bonds is 12. The van der Waals surface area contributed by atoms with Gasteiger partial charge in [-0.3, -0.25) is 0 Å². The fourth-order valence-corrected chi connectivity index (χ4v) is 8.97. The molecule has 0 heterocycles. The summed E-state index contributed by atoms with van der Waals surface area (Å²) in [6.45, 7) is 8.92. The summed E-state index contributed by atoms with van der Waals surface area (Å²) in [5, 5.41) is 25.2. The van der Waals surface area contributed by atoms with Crippen molar-refractivity contribution in [1.29, 1.82) is 0 Å². The Morgan fingerprint density at radius 1 is 0.667 bits per heavy atom. The highest BCUT2D eigenvalue weighted by atomic mass is 16.5. The van der Waals surface area contributed by atoms with Gasteiger partial charge in [0.2, 0.25) is 0 Å². The van der Waals surface area contributed by atoms with Crippen molar-refractivity contribution in [1.82, 2.24) is 0 Å². The summed E-state index contributed by atoms with van der Waals surface area (Å²) in [7, 11) is 0. The van der Waals surface area contributed by atoms with Gasteiger partial charge in [0, 0.05) is 26.4 Å². The smallest absolute Gasteiger partial charge is 0.0578 e. The van der Waals surface area contributed by atoms with Gasteiger partial charge in [0.15, 0.2) is 0 Å². The summed E-state index contributed by atoms with van der Waals surface area (Å²) >= 11 is 0. The molecule has 9 N–H and O–H groups in total. The average Bonchev–Trinajstić information content (AvgIpc) is 3.27. The fraction of sp³-hybridized carbons (Fsp3) is 1.00. The highest BCUT2D eigenvalue weighted by Gasteiger charge is 2.59. The highest BCUT2D eigenvalue weighted by Crippen LogP contribution is 2.68. The molecule has 0 aliphatic heterocycles. The third kappa shape index (κ3) is 9.36. The maximum absolute atomic E-state index is 9.19. The summed E-state index contributed by atoms with van der Waals surface area (Å²) in [5.41, 5.74) is 16.8. The van der Waals surface area contributed by atoms with Crippen LogP contribution in [0, 0.1) is 40.4 Å². The molecular formula is C32H65N3O4. The topological polar surface area (TPSA) is 148 Å². The molecule has 39 heavy (non-hydrogen) atoms. The van der Waals surface area contributed by atoms with E-state index in [1.165, 1.54) is 70.6 Å². The van der Waals surface area contributed by atoms with E-state index < -0.39 is 0 Å². The first-order valence-corrected chi connectivity index (χ1v) is 16.4. The first-order chi connectivity index (χ1) is 18.9. The van der Waals surface area contributed by atoms with Crippen LogP contribution in [0.2, 0.25) is 0 Å². The molecule has 7 nitrogen and oxygen atoms in total. The number of nitrogens with two attached hydrogens (primary N) is 3. The summed E-state index contributed by atoms with van der Waals surface area (Å²) in [5.74, 6) is 4.70. The first-order valence-electron chi connectivity index (χ1n) is 16.4. The molecule has 0 aromatic heterocycles. The van der Waals surface area contributed by atoms with Crippen LogP contribution < -0.4 is 17.2 Å². The SMILES string of the molecule is C[C@]12CC[C@@H](OCCCN)CC1CCC1C2CC[C@@]2(C)C1CC[C@@H]2CCCCO.NCCCO.NCCCO. The molecule has 0 spiro atoms. The molecule has 4 aliphatic carbocycles. The molecule has 4 rings (SSSR count). The maximum atomic E-state index is 9.19. The second-order valence-corrected chi connectivity index (χ2v) is 13.3. The third-order valence-electron chi connectivity index (χ3n) is 11.2. The lowest BCUT2D eigenvalue weighted by Gasteiger charge is -2.61. The lowest BCUT2D eigenvalue weighted by molar-refractivity contribution is -0.134. The third-order valence-corrected chi connectivity index (χ3v) is 11.2. The van der Waals surface area contributed by atoms with Crippen LogP contribution in [0.25, 0.3) is 0 Å². The van der Waals surface area contributed by atoms with Crippen molar-refractivity contribution in [3.63, 3.8) is 0 Å². The Hall–Kier alpha value is -0.280. The zero-order chi connectivity index (χ0) is 28.7. The molecule has 4 saturated carbocycles. The molecule has 4 unspecified atom stereocenters. The number of hydrogen-bond donors (Lipinski definition) is 6. The lowest BCUT2D eigenvalue weighted by Crippen LogP contribution is -2.54. The Morgan fingerprint density at radius 3 is 1.87 bits per heavy atom. The van der Waals surface area contributed by atoms with E-state index in [9.17, 15) is 5.11 Å². The van der Waals surface area contributed by atoms with Crippen LogP contribution in [0.1, 0.15) is 110 Å². The molecule has 0 saturated heterocycles. The zero-order valence-corrected chi connectivity index (χ0v) is 25.5. The van der Waals surface area contributed by atoms with E-state index in [2.05, 4.69) is 13.8 Å². The van der Waals surface area contributed by atoms with Crippen molar-refractivity contribution in [3.8, 4) is 0 Å². The molecule has 0 aromatic rings. The highest BCUT2D eigenvalue weighted by molar-refractivity contribution is 5.09. The van der Waals surface area contributed by atoms with E-state index in [1.807, 2.05) is 0 Å². The molecular weight excluding hydrogens is 490 g/mol. The minimum Gasteiger partial charge on any atom is -0.396 e. The fourth-order valence-electron chi connectivity index (χ4n) is 8.97. The van der Waals surface area contributed by atoms with Gasteiger partial charge in [-0.25, -0.2) is 0 Å². The Morgan fingerprint density at radius 2 is 1.28 bits per heavy atom. The second-order valence-electron chi connectivity index (χ2n) is 13.3. The normalized spacial score (nSPS) is 36.9. The van der Waals surface area contributed by atoms with E-state index in [1.54, 1.807) is 0 Å². The van der Waals surface area contributed by atoms with Gasteiger partial charge in [-0.05, 0) is 150 Å². The number of aliphatic hydroxyl groups is 3. The van der Waals surface area contributed by atoms with Crippen LogP contribution in [0.5, 0.6) is 0 Å². The summed E-state index contributed by atoms with van der Waals surface area (Å²) in [6.07, 6.45) is 19.3. The Bertz CT molecular complexity index is 631. The maximum Gasteiger partial charge on any atom is 0.0578 e. The van der Waals surface area contributed by atoms with Gasteiger partial charge in [-0.1, -0.05) is 20.3 Å². The van der Waals surface area contributed by atoms with Crippen LogP contribution in [-0.4, -0.2) is 67.5 Å². The Balaban J connectivity index is 0.000000458. The predicted octanol–water partition coefficient (Wildman–Crippen LogP) is 4.20. The number of aliphatic hydroxyl groups excluding tert-OH is 3. The first kappa shape index (κ1) is 34.9. The minimum absolute atomic E-state index is 0.219. The summed E-state index contributed by atoms with van der Waals surface area (Å²) in [4.78, 5) is 0. The molecule has 0 radical (unpaired) electrons. The summed E-state index contributed by atoms with van der Waals surface area (Å²) < 4.78 is 6.20. The van der Waals surface area contributed by atoms with Gasteiger partial charge in [0.05, 0.1) is 6.10 Å². The van der Waals surface area contributed by atoms with E-state index >= 15 is 0 Å². The van der Waals surface area contributed by atoms with E-state index in [0.717, 1.165) is 68.4 Å². The van der Waals surface area contributed by atoms with Crippen molar-refractivity contribution in [2.75, 3.05) is 46.1 Å². The molecule has 0 amide bonds. The molecule has 232 valence electrons. The predicted molar refractivity (Wildman–Crippen MR) is 161 cm³/mol. The largest absolute Gasteiger partial charge is 0.396 e. The van der Waals surface area contributed by atoms with Crippen molar-refractivity contribution in [2.24, 2.45) is 57.6 Å².